The number of halogens is 2. The van der Waals surface area contributed by atoms with E-state index >= 15 is 0 Å². The zero-order chi connectivity index (χ0) is 10.4. The van der Waals surface area contributed by atoms with E-state index < -0.39 is 5.82 Å². The van der Waals surface area contributed by atoms with E-state index in [9.17, 15) is 4.39 Å². The zero-order valence-corrected chi connectivity index (χ0v) is 8.94. The van der Waals surface area contributed by atoms with Gasteiger partial charge in [-0.25, -0.2) is 4.39 Å². The van der Waals surface area contributed by atoms with Gasteiger partial charge in [0.15, 0.2) is 0 Å². The highest BCUT2D eigenvalue weighted by Gasteiger charge is 2.00. The van der Waals surface area contributed by atoms with Crippen molar-refractivity contribution in [3.63, 3.8) is 0 Å². The van der Waals surface area contributed by atoms with Crippen molar-refractivity contribution in [1.82, 2.24) is 0 Å². The van der Waals surface area contributed by atoms with E-state index in [4.69, 9.17) is 5.26 Å². The Labute approximate surface area is 90.7 Å². The Morgan fingerprint density at radius 2 is 2.21 bits per heavy atom. The first-order chi connectivity index (χ1) is 6.77. The molecule has 0 saturated carbocycles. The number of hydrogen-bond donors (Lipinski definition) is 0. The number of hydrogen-bond acceptors (Lipinski definition) is 1. The lowest BCUT2D eigenvalue weighted by atomic mass is 10.1. The molecule has 0 aliphatic rings. The van der Waals surface area contributed by atoms with Crippen molar-refractivity contribution in [3.05, 3.63) is 35.1 Å². The Kier molecular flexibility index (Phi) is 4.16. The van der Waals surface area contributed by atoms with Crippen molar-refractivity contribution >= 4 is 15.9 Å². The maximum absolute atomic E-state index is 12.9. The van der Waals surface area contributed by atoms with Gasteiger partial charge in [0.1, 0.15) is 11.9 Å². The maximum atomic E-state index is 12.9. The summed E-state index contributed by atoms with van der Waals surface area (Å²) in [6, 6.07) is 6.06. The summed E-state index contributed by atoms with van der Waals surface area (Å²) in [6.07, 6.45) is 0.735. The molecule has 0 amide bonds. The first-order valence-electron chi connectivity index (χ1n) is 4.02. The third-order valence-electron chi connectivity index (χ3n) is 1.54. The highest BCUT2D eigenvalue weighted by molar-refractivity contribution is 9.09. The minimum Gasteiger partial charge on any atom is -0.206 e. The molecule has 70 valence electrons. The molecule has 0 bridgehead atoms. The standard InChI is InChI=1S/C11H7BrFN/c12-6-2-1-3-9-4-5-11(13)10(7-9)8-14/h4-5,7H,2,6H2. The van der Waals surface area contributed by atoms with Crippen molar-refractivity contribution in [2.75, 3.05) is 5.33 Å². The van der Waals surface area contributed by atoms with Gasteiger partial charge >= 0.3 is 0 Å². The first kappa shape index (κ1) is 10.8. The third-order valence-corrected chi connectivity index (χ3v) is 1.94. The summed E-state index contributed by atoms with van der Waals surface area (Å²) < 4.78 is 12.9. The van der Waals surface area contributed by atoms with Crippen molar-refractivity contribution in [2.45, 2.75) is 6.42 Å². The summed E-state index contributed by atoms with van der Waals surface area (Å²) in [6.45, 7) is 0. The Hall–Kier alpha value is -1.32. The average Bonchev–Trinajstić information content (AvgIpc) is 2.21. The van der Waals surface area contributed by atoms with E-state index in [0.717, 1.165) is 11.8 Å². The largest absolute Gasteiger partial charge is 0.206 e. The molecular weight excluding hydrogens is 245 g/mol. The minimum absolute atomic E-state index is 0.0376. The molecule has 3 heteroatoms. The van der Waals surface area contributed by atoms with Crippen LogP contribution in [0, 0.1) is 29.0 Å². The average molecular weight is 252 g/mol. The van der Waals surface area contributed by atoms with Gasteiger partial charge in [0, 0.05) is 17.3 Å². The maximum Gasteiger partial charge on any atom is 0.141 e. The van der Waals surface area contributed by atoms with Crippen LogP contribution in [0.3, 0.4) is 0 Å². The van der Waals surface area contributed by atoms with Gasteiger partial charge in [-0.05, 0) is 18.2 Å². The third kappa shape index (κ3) is 2.87. The van der Waals surface area contributed by atoms with E-state index in [-0.39, 0.29) is 5.56 Å². The van der Waals surface area contributed by atoms with Crippen molar-refractivity contribution < 1.29 is 4.39 Å². The van der Waals surface area contributed by atoms with E-state index in [2.05, 4.69) is 27.8 Å². The normalized spacial score (nSPS) is 8.64. The SMILES string of the molecule is N#Cc1cc(C#CCCBr)ccc1F. The molecule has 0 fully saturated rings. The van der Waals surface area contributed by atoms with Crippen LogP contribution in [-0.4, -0.2) is 5.33 Å². The Balaban J connectivity index is 2.93. The van der Waals surface area contributed by atoms with Crippen LogP contribution in [0.4, 0.5) is 4.39 Å². The van der Waals surface area contributed by atoms with Crippen LogP contribution in [0.1, 0.15) is 17.5 Å². The summed E-state index contributed by atoms with van der Waals surface area (Å²) in [5.41, 5.74) is 0.708. The Morgan fingerprint density at radius 1 is 1.43 bits per heavy atom. The second-order valence-electron chi connectivity index (χ2n) is 2.55. The summed E-state index contributed by atoms with van der Waals surface area (Å²) in [4.78, 5) is 0. The van der Waals surface area contributed by atoms with Crippen molar-refractivity contribution in [1.29, 1.82) is 5.26 Å². The molecule has 0 heterocycles. The fraction of sp³-hybridized carbons (Fsp3) is 0.182. The molecule has 1 aromatic carbocycles. The molecule has 14 heavy (non-hydrogen) atoms. The molecule has 0 aliphatic carbocycles. The van der Waals surface area contributed by atoms with Crippen LogP contribution >= 0.6 is 15.9 Å². The summed E-state index contributed by atoms with van der Waals surface area (Å²) in [5, 5.41) is 9.38. The molecule has 0 spiro atoms. The molecule has 1 rings (SSSR count). The fourth-order valence-corrected chi connectivity index (χ4v) is 1.10. The van der Waals surface area contributed by atoms with Gasteiger partial charge in [0.25, 0.3) is 0 Å². The Morgan fingerprint density at radius 3 is 2.86 bits per heavy atom. The first-order valence-corrected chi connectivity index (χ1v) is 5.14. The topological polar surface area (TPSA) is 23.8 Å². The number of nitrogens with zero attached hydrogens (tertiary/aromatic N) is 1. The molecular formula is C11H7BrFN. The molecule has 0 aliphatic heterocycles. The van der Waals surface area contributed by atoms with Crippen LogP contribution in [0.15, 0.2) is 18.2 Å². The molecule has 0 N–H and O–H groups in total. The van der Waals surface area contributed by atoms with Crippen molar-refractivity contribution in [2.24, 2.45) is 0 Å². The molecule has 0 atom stereocenters. The Bertz CT molecular complexity index is 423. The lowest BCUT2D eigenvalue weighted by Gasteiger charge is -1.93. The molecule has 1 aromatic rings. The number of rotatable bonds is 1. The van der Waals surface area contributed by atoms with Gasteiger partial charge in [-0.3, -0.25) is 0 Å². The second kappa shape index (κ2) is 5.42. The number of nitriles is 1. The van der Waals surface area contributed by atoms with Crippen LogP contribution in [-0.2, 0) is 0 Å². The lowest BCUT2D eigenvalue weighted by Crippen LogP contribution is -1.84. The highest BCUT2D eigenvalue weighted by atomic mass is 79.9. The number of benzene rings is 1. The number of alkyl halides is 1. The predicted octanol–water partition coefficient (Wildman–Crippen LogP) is 2.83. The monoisotopic (exact) mass is 251 g/mol. The van der Waals surface area contributed by atoms with Crippen LogP contribution in [0.2, 0.25) is 0 Å². The van der Waals surface area contributed by atoms with Gasteiger partial charge in [0.05, 0.1) is 5.56 Å². The van der Waals surface area contributed by atoms with E-state index in [1.54, 1.807) is 12.1 Å². The molecule has 1 nitrogen and oxygen atoms in total. The van der Waals surface area contributed by atoms with E-state index in [1.165, 1.54) is 12.1 Å². The van der Waals surface area contributed by atoms with Gasteiger partial charge in [-0.1, -0.05) is 27.8 Å². The molecule has 0 unspecified atom stereocenters. The van der Waals surface area contributed by atoms with Gasteiger partial charge < -0.3 is 0 Å². The quantitative estimate of drug-likeness (QED) is 0.557. The fourth-order valence-electron chi connectivity index (χ4n) is 0.901. The summed E-state index contributed by atoms with van der Waals surface area (Å²) >= 11 is 3.25. The van der Waals surface area contributed by atoms with Crippen molar-refractivity contribution in [3.8, 4) is 17.9 Å². The van der Waals surface area contributed by atoms with Gasteiger partial charge in [-0.2, -0.15) is 5.26 Å². The minimum atomic E-state index is -0.501. The van der Waals surface area contributed by atoms with Crippen LogP contribution in [0.5, 0.6) is 0 Å². The lowest BCUT2D eigenvalue weighted by molar-refractivity contribution is 0.624. The molecule has 0 aromatic heterocycles. The second-order valence-corrected chi connectivity index (χ2v) is 3.34. The van der Waals surface area contributed by atoms with Crippen LogP contribution < -0.4 is 0 Å². The zero-order valence-electron chi connectivity index (χ0n) is 7.35. The summed E-state index contributed by atoms with van der Waals surface area (Å²) in [7, 11) is 0. The predicted molar refractivity (Wildman–Crippen MR) is 56.4 cm³/mol. The smallest absolute Gasteiger partial charge is 0.141 e. The van der Waals surface area contributed by atoms with Crippen LogP contribution in [0.25, 0.3) is 0 Å². The van der Waals surface area contributed by atoms with Gasteiger partial charge in [0.2, 0.25) is 0 Å². The van der Waals surface area contributed by atoms with E-state index in [0.29, 0.717) is 5.56 Å². The molecule has 0 radical (unpaired) electrons. The summed E-state index contributed by atoms with van der Waals surface area (Å²) in [5.74, 6) is 5.24. The van der Waals surface area contributed by atoms with E-state index in [1.807, 2.05) is 0 Å². The van der Waals surface area contributed by atoms with Gasteiger partial charge in [-0.15, -0.1) is 0 Å². The highest BCUT2D eigenvalue weighted by Crippen LogP contribution is 2.08. The molecule has 0 saturated heterocycles.